The molecule has 1 fully saturated rings. The van der Waals surface area contributed by atoms with Crippen LogP contribution in [-0.2, 0) is 0 Å². The third-order valence-electron chi connectivity index (χ3n) is 5.17. The molecule has 1 aromatic carbocycles. The number of carbonyl (C=O) groups excluding carboxylic acids is 1. The molecule has 0 atom stereocenters. The van der Waals surface area contributed by atoms with Crippen molar-refractivity contribution in [2.24, 2.45) is 0 Å². The fraction of sp³-hybridized carbons (Fsp3) is 0.333. The minimum Gasteiger partial charge on any atom is -0.493 e. The van der Waals surface area contributed by atoms with E-state index in [1.807, 2.05) is 0 Å². The van der Waals surface area contributed by atoms with E-state index in [-0.39, 0.29) is 5.91 Å². The van der Waals surface area contributed by atoms with Crippen LogP contribution in [0.5, 0.6) is 17.2 Å². The summed E-state index contributed by atoms with van der Waals surface area (Å²) in [7, 11) is 4.66. The van der Waals surface area contributed by atoms with Crippen molar-refractivity contribution in [2.45, 2.75) is 0 Å². The summed E-state index contributed by atoms with van der Waals surface area (Å²) in [6.07, 6.45) is 3.43. The lowest BCUT2D eigenvalue weighted by molar-refractivity contribution is 0.0740. The third kappa shape index (κ3) is 4.09. The summed E-state index contributed by atoms with van der Waals surface area (Å²) in [5.41, 5.74) is 1.78. The molecule has 10 heteroatoms. The minimum absolute atomic E-state index is 0.0974. The zero-order chi connectivity index (χ0) is 21.8. The topological polar surface area (TPSA) is 106 Å². The lowest BCUT2D eigenvalue weighted by Gasteiger charge is -2.34. The van der Waals surface area contributed by atoms with Crippen LogP contribution in [0.1, 0.15) is 10.5 Å². The number of benzene rings is 1. The fourth-order valence-electron chi connectivity index (χ4n) is 3.54. The van der Waals surface area contributed by atoms with Crippen molar-refractivity contribution in [3.05, 3.63) is 42.4 Å². The number of aromatic amines is 1. The van der Waals surface area contributed by atoms with Crippen LogP contribution >= 0.6 is 0 Å². The maximum absolute atomic E-state index is 13.0. The molecule has 2 aromatic heterocycles. The molecule has 31 heavy (non-hydrogen) atoms. The molecule has 1 N–H and O–H groups in total. The van der Waals surface area contributed by atoms with Crippen LogP contribution in [0.2, 0.25) is 0 Å². The van der Waals surface area contributed by atoms with E-state index in [1.54, 1.807) is 62.9 Å². The average molecular weight is 424 g/mol. The van der Waals surface area contributed by atoms with Crippen molar-refractivity contribution in [1.29, 1.82) is 0 Å². The fourth-order valence-corrected chi connectivity index (χ4v) is 3.54. The van der Waals surface area contributed by atoms with E-state index in [4.69, 9.17) is 14.2 Å². The molecule has 0 bridgehead atoms. The quantitative estimate of drug-likeness (QED) is 0.639. The Morgan fingerprint density at radius 1 is 0.935 bits per heavy atom. The number of H-pyrrole nitrogens is 1. The third-order valence-corrected chi connectivity index (χ3v) is 5.17. The number of carbonyl (C=O) groups is 1. The number of ether oxygens (including phenoxy) is 3. The predicted molar refractivity (Wildman–Crippen MR) is 114 cm³/mol. The van der Waals surface area contributed by atoms with Crippen LogP contribution in [0.25, 0.3) is 11.3 Å². The van der Waals surface area contributed by atoms with Crippen LogP contribution in [-0.4, -0.2) is 78.5 Å². The van der Waals surface area contributed by atoms with Crippen LogP contribution < -0.4 is 19.1 Å². The molecule has 1 aliphatic rings. The molecule has 0 saturated carbocycles. The highest BCUT2D eigenvalue weighted by molar-refractivity contribution is 5.93. The van der Waals surface area contributed by atoms with E-state index in [0.717, 1.165) is 5.56 Å². The lowest BCUT2D eigenvalue weighted by Crippen LogP contribution is -2.49. The zero-order valence-corrected chi connectivity index (χ0v) is 17.7. The number of hydrogen-bond acceptors (Lipinski definition) is 8. The van der Waals surface area contributed by atoms with Gasteiger partial charge in [-0.2, -0.15) is 5.10 Å². The Morgan fingerprint density at radius 3 is 2.16 bits per heavy atom. The van der Waals surface area contributed by atoms with Gasteiger partial charge in [-0.1, -0.05) is 0 Å². The van der Waals surface area contributed by atoms with Gasteiger partial charge in [-0.05, 0) is 24.3 Å². The Hall–Kier alpha value is -3.82. The van der Waals surface area contributed by atoms with E-state index in [1.165, 1.54) is 0 Å². The van der Waals surface area contributed by atoms with Gasteiger partial charge in [-0.3, -0.25) is 9.89 Å². The molecule has 1 saturated heterocycles. The first kappa shape index (κ1) is 20.5. The predicted octanol–water partition coefficient (Wildman–Crippen LogP) is 1.85. The molecule has 0 aliphatic carbocycles. The number of nitrogens with zero attached hydrogens (tertiary/aromatic N) is 5. The highest BCUT2D eigenvalue weighted by Gasteiger charge is 2.25. The SMILES string of the molecule is COc1cc(-c2cc(C(=O)N3CCN(c4ncccn4)CC3)[nH]n2)cc(OC)c1OC. The van der Waals surface area contributed by atoms with Gasteiger partial charge in [0.05, 0.1) is 27.0 Å². The first-order valence-electron chi connectivity index (χ1n) is 9.81. The molecular formula is C21H24N6O4. The van der Waals surface area contributed by atoms with Crippen molar-refractivity contribution >= 4 is 11.9 Å². The van der Waals surface area contributed by atoms with Crippen molar-refractivity contribution in [1.82, 2.24) is 25.1 Å². The zero-order valence-electron chi connectivity index (χ0n) is 17.7. The second kappa shape index (κ2) is 8.90. The van der Waals surface area contributed by atoms with Crippen molar-refractivity contribution in [3.8, 4) is 28.5 Å². The van der Waals surface area contributed by atoms with Crippen LogP contribution in [0.15, 0.2) is 36.7 Å². The van der Waals surface area contributed by atoms with Gasteiger partial charge in [-0.15, -0.1) is 0 Å². The van der Waals surface area contributed by atoms with Crippen molar-refractivity contribution < 1.29 is 19.0 Å². The van der Waals surface area contributed by atoms with Crippen molar-refractivity contribution in [2.75, 3.05) is 52.4 Å². The van der Waals surface area contributed by atoms with Gasteiger partial charge in [0.25, 0.3) is 5.91 Å². The Bertz CT molecular complexity index is 1020. The molecular weight excluding hydrogens is 400 g/mol. The maximum atomic E-state index is 13.0. The van der Waals surface area contributed by atoms with Crippen LogP contribution in [0.4, 0.5) is 5.95 Å². The average Bonchev–Trinajstić information content (AvgIpc) is 3.33. The molecule has 0 radical (unpaired) electrons. The number of nitrogens with one attached hydrogen (secondary N) is 1. The summed E-state index contributed by atoms with van der Waals surface area (Å²) in [6.45, 7) is 2.50. The second-order valence-electron chi connectivity index (χ2n) is 6.91. The Morgan fingerprint density at radius 2 is 1.58 bits per heavy atom. The molecule has 0 unspecified atom stereocenters. The molecule has 162 valence electrons. The number of hydrogen-bond donors (Lipinski definition) is 1. The first-order chi connectivity index (χ1) is 15.1. The molecule has 1 aliphatic heterocycles. The van der Waals surface area contributed by atoms with Gasteiger partial charge in [0.2, 0.25) is 11.7 Å². The normalized spacial score (nSPS) is 13.8. The van der Waals surface area contributed by atoms with Gasteiger partial charge < -0.3 is 24.0 Å². The smallest absolute Gasteiger partial charge is 0.272 e. The number of rotatable bonds is 6. The summed E-state index contributed by atoms with van der Waals surface area (Å²) in [6, 6.07) is 7.11. The number of methoxy groups -OCH3 is 3. The summed E-state index contributed by atoms with van der Waals surface area (Å²) in [5.74, 6) is 2.13. The van der Waals surface area contributed by atoms with E-state index in [0.29, 0.717) is 60.8 Å². The van der Waals surface area contributed by atoms with E-state index >= 15 is 0 Å². The van der Waals surface area contributed by atoms with E-state index in [9.17, 15) is 4.79 Å². The second-order valence-corrected chi connectivity index (χ2v) is 6.91. The largest absolute Gasteiger partial charge is 0.493 e. The lowest BCUT2D eigenvalue weighted by atomic mass is 10.1. The molecule has 1 amide bonds. The highest BCUT2D eigenvalue weighted by atomic mass is 16.5. The molecule has 3 aromatic rings. The summed E-state index contributed by atoms with van der Waals surface area (Å²) < 4.78 is 16.2. The van der Waals surface area contributed by atoms with Gasteiger partial charge in [0, 0.05) is 44.1 Å². The van der Waals surface area contributed by atoms with Crippen LogP contribution in [0, 0.1) is 0 Å². The maximum Gasteiger partial charge on any atom is 0.272 e. The van der Waals surface area contributed by atoms with Crippen molar-refractivity contribution in [3.63, 3.8) is 0 Å². The summed E-state index contributed by atoms with van der Waals surface area (Å²) in [5, 5.41) is 7.17. The highest BCUT2D eigenvalue weighted by Crippen LogP contribution is 2.40. The summed E-state index contributed by atoms with van der Waals surface area (Å²) in [4.78, 5) is 25.4. The molecule has 0 spiro atoms. The molecule has 4 rings (SSSR count). The van der Waals surface area contributed by atoms with Gasteiger partial charge >= 0.3 is 0 Å². The van der Waals surface area contributed by atoms with E-state index in [2.05, 4.69) is 25.1 Å². The number of anilines is 1. The van der Waals surface area contributed by atoms with Gasteiger partial charge in [0.15, 0.2) is 11.5 Å². The minimum atomic E-state index is -0.0974. The Kier molecular flexibility index (Phi) is 5.87. The first-order valence-corrected chi connectivity index (χ1v) is 9.81. The monoisotopic (exact) mass is 424 g/mol. The van der Waals surface area contributed by atoms with Gasteiger partial charge in [-0.25, -0.2) is 9.97 Å². The number of piperazine rings is 1. The molecule has 3 heterocycles. The van der Waals surface area contributed by atoms with Gasteiger partial charge in [0.1, 0.15) is 5.69 Å². The Balaban J connectivity index is 1.49. The van der Waals surface area contributed by atoms with Crippen LogP contribution in [0.3, 0.4) is 0 Å². The number of aromatic nitrogens is 4. The Labute approximate surface area is 179 Å². The summed E-state index contributed by atoms with van der Waals surface area (Å²) >= 11 is 0. The standard InChI is InChI=1S/C21H24N6O4/c1-29-17-11-14(12-18(30-2)19(17)31-3)15-13-16(25-24-15)20(28)26-7-9-27(10-8-26)21-22-5-4-6-23-21/h4-6,11-13H,7-10H2,1-3H3,(H,24,25). The van der Waals surface area contributed by atoms with E-state index < -0.39 is 0 Å². The molecule has 10 nitrogen and oxygen atoms in total. The number of amides is 1.